The predicted octanol–water partition coefficient (Wildman–Crippen LogP) is 2.27. The molecule has 1 aliphatic heterocycles. The standard InChI is InChI=1S/C14H24N2O/c1-11-9-12(2)14(17)16(13(3)10-11)8-6-7-15(4)5/h9-10,12H,6-8H2,1-5H3. The molecule has 1 atom stereocenters. The molecule has 3 nitrogen and oxygen atoms in total. The summed E-state index contributed by atoms with van der Waals surface area (Å²) in [7, 11) is 4.11. The third-order valence-electron chi connectivity index (χ3n) is 3.02. The van der Waals surface area contributed by atoms with Crippen LogP contribution in [0.15, 0.2) is 23.4 Å². The molecule has 17 heavy (non-hydrogen) atoms. The first-order chi connectivity index (χ1) is 7.91. The summed E-state index contributed by atoms with van der Waals surface area (Å²) in [5.41, 5.74) is 2.24. The Morgan fingerprint density at radius 2 is 2.00 bits per heavy atom. The number of hydrogen-bond donors (Lipinski definition) is 0. The topological polar surface area (TPSA) is 23.6 Å². The van der Waals surface area contributed by atoms with E-state index in [1.807, 2.05) is 24.8 Å². The zero-order chi connectivity index (χ0) is 13.0. The lowest BCUT2D eigenvalue weighted by Crippen LogP contribution is -2.34. The van der Waals surface area contributed by atoms with Crippen LogP contribution in [-0.4, -0.2) is 42.9 Å². The van der Waals surface area contributed by atoms with Gasteiger partial charge in [0.15, 0.2) is 0 Å². The number of allylic oxidation sites excluding steroid dienone is 3. The lowest BCUT2D eigenvalue weighted by Gasteiger charge is -2.24. The Bertz CT molecular complexity index is 342. The average Bonchev–Trinajstić information content (AvgIpc) is 2.29. The maximum absolute atomic E-state index is 12.2. The molecule has 0 spiro atoms. The minimum atomic E-state index is -0.0111. The monoisotopic (exact) mass is 236 g/mol. The molecular formula is C14H24N2O. The van der Waals surface area contributed by atoms with Crippen LogP contribution in [0.25, 0.3) is 0 Å². The van der Waals surface area contributed by atoms with Gasteiger partial charge < -0.3 is 9.80 Å². The van der Waals surface area contributed by atoms with Gasteiger partial charge in [0.2, 0.25) is 5.91 Å². The van der Waals surface area contributed by atoms with Crippen molar-refractivity contribution >= 4 is 5.91 Å². The van der Waals surface area contributed by atoms with E-state index >= 15 is 0 Å². The first-order valence-corrected chi connectivity index (χ1v) is 6.24. The molecular weight excluding hydrogens is 212 g/mol. The summed E-state index contributed by atoms with van der Waals surface area (Å²) in [6.07, 6.45) is 5.14. The van der Waals surface area contributed by atoms with Crippen molar-refractivity contribution in [3.05, 3.63) is 23.4 Å². The van der Waals surface area contributed by atoms with Crippen molar-refractivity contribution in [2.75, 3.05) is 27.2 Å². The Morgan fingerprint density at radius 1 is 1.35 bits per heavy atom. The van der Waals surface area contributed by atoms with Crippen LogP contribution in [0.5, 0.6) is 0 Å². The Balaban J connectivity index is 2.69. The highest BCUT2D eigenvalue weighted by atomic mass is 16.2. The first kappa shape index (κ1) is 14.0. The molecule has 0 aliphatic carbocycles. The smallest absolute Gasteiger partial charge is 0.233 e. The van der Waals surface area contributed by atoms with Gasteiger partial charge in [-0.2, -0.15) is 0 Å². The number of amides is 1. The lowest BCUT2D eigenvalue weighted by molar-refractivity contribution is -0.131. The van der Waals surface area contributed by atoms with E-state index in [1.165, 1.54) is 5.57 Å². The van der Waals surface area contributed by atoms with Crippen molar-refractivity contribution in [3.8, 4) is 0 Å². The summed E-state index contributed by atoms with van der Waals surface area (Å²) in [6, 6.07) is 0. The second-order valence-corrected chi connectivity index (χ2v) is 5.13. The zero-order valence-corrected chi connectivity index (χ0v) is 11.7. The largest absolute Gasteiger partial charge is 0.316 e. The van der Waals surface area contributed by atoms with Gasteiger partial charge in [-0.05, 0) is 47.0 Å². The van der Waals surface area contributed by atoms with Crippen LogP contribution >= 0.6 is 0 Å². The van der Waals surface area contributed by atoms with Crippen molar-refractivity contribution in [1.29, 1.82) is 0 Å². The van der Waals surface area contributed by atoms with Gasteiger partial charge in [-0.3, -0.25) is 4.79 Å². The Labute approximate surface area is 105 Å². The number of carbonyl (C=O) groups excluding carboxylic acids is 1. The number of carbonyl (C=O) groups is 1. The third-order valence-corrected chi connectivity index (χ3v) is 3.02. The highest BCUT2D eigenvalue weighted by Crippen LogP contribution is 2.19. The second-order valence-electron chi connectivity index (χ2n) is 5.13. The molecule has 0 aromatic heterocycles. The van der Waals surface area contributed by atoms with Crippen LogP contribution in [0.3, 0.4) is 0 Å². The van der Waals surface area contributed by atoms with Crippen LogP contribution in [0.1, 0.15) is 27.2 Å². The highest BCUT2D eigenvalue weighted by molar-refractivity contribution is 5.82. The Morgan fingerprint density at radius 3 is 2.59 bits per heavy atom. The van der Waals surface area contributed by atoms with Gasteiger partial charge in [0.1, 0.15) is 0 Å². The highest BCUT2D eigenvalue weighted by Gasteiger charge is 2.22. The molecule has 1 amide bonds. The molecule has 0 N–H and O–H groups in total. The van der Waals surface area contributed by atoms with Crippen LogP contribution in [0.4, 0.5) is 0 Å². The van der Waals surface area contributed by atoms with E-state index in [1.54, 1.807) is 0 Å². The molecule has 0 radical (unpaired) electrons. The van der Waals surface area contributed by atoms with Crippen LogP contribution < -0.4 is 0 Å². The molecule has 0 bridgehead atoms. The molecule has 96 valence electrons. The van der Waals surface area contributed by atoms with E-state index in [4.69, 9.17) is 0 Å². The van der Waals surface area contributed by atoms with Crippen molar-refractivity contribution in [3.63, 3.8) is 0 Å². The zero-order valence-electron chi connectivity index (χ0n) is 11.7. The van der Waals surface area contributed by atoms with Crippen LogP contribution in [0.2, 0.25) is 0 Å². The van der Waals surface area contributed by atoms with Crippen molar-refractivity contribution in [2.45, 2.75) is 27.2 Å². The van der Waals surface area contributed by atoms with E-state index in [9.17, 15) is 4.79 Å². The molecule has 0 aromatic carbocycles. The maximum Gasteiger partial charge on any atom is 0.233 e. The third kappa shape index (κ3) is 4.00. The quantitative estimate of drug-likeness (QED) is 0.747. The second kappa shape index (κ2) is 6.01. The van der Waals surface area contributed by atoms with Crippen molar-refractivity contribution in [2.24, 2.45) is 5.92 Å². The van der Waals surface area contributed by atoms with Crippen molar-refractivity contribution < 1.29 is 4.79 Å². The van der Waals surface area contributed by atoms with E-state index in [0.717, 1.165) is 25.2 Å². The van der Waals surface area contributed by atoms with Gasteiger partial charge in [-0.15, -0.1) is 0 Å². The van der Waals surface area contributed by atoms with Gasteiger partial charge in [0.25, 0.3) is 0 Å². The Kier molecular flexibility index (Phi) is 4.94. The number of hydrogen-bond acceptors (Lipinski definition) is 2. The van der Waals surface area contributed by atoms with Gasteiger partial charge in [0, 0.05) is 12.2 Å². The normalized spacial score (nSPS) is 21.4. The molecule has 1 rings (SSSR count). The molecule has 0 fully saturated rings. The summed E-state index contributed by atoms with van der Waals surface area (Å²) in [4.78, 5) is 16.3. The Hall–Kier alpha value is -1.09. The minimum absolute atomic E-state index is 0.0111. The van der Waals surface area contributed by atoms with E-state index in [-0.39, 0.29) is 11.8 Å². The average molecular weight is 236 g/mol. The summed E-state index contributed by atoms with van der Waals surface area (Å²) in [6.45, 7) is 7.86. The fourth-order valence-corrected chi connectivity index (χ4v) is 2.17. The fraction of sp³-hybridized carbons (Fsp3) is 0.643. The predicted molar refractivity (Wildman–Crippen MR) is 71.6 cm³/mol. The molecule has 1 heterocycles. The van der Waals surface area contributed by atoms with Crippen LogP contribution in [-0.2, 0) is 4.79 Å². The van der Waals surface area contributed by atoms with E-state index < -0.39 is 0 Å². The number of nitrogens with zero attached hydrogens (tertiary/aromatic N) is 2. The van der Waals surface area contributed by atoms with Crippen molar-refractivity contribution in [1.82, 2.24) is 9.80 Å². The van der Waals surface area contributed by atoms with Gasteiger partial charge in [0.05, 0.1) is 5.92 Å². The maximum atomic E-state index is 12.2. The van der Waals surface area contributed by atoms with Crippen LogP contribution in [0, 0.1) is 5.92 Å². The molecule has 1 aliphatic rings. The molecule has 0 aromatic rings. The van der Waals surface area contributed by atoms with Gasteiger partial charge in [-0.25, -0.2) is 0 Å². The SMILES string of the molecule is CC1=CC(C)C(=O)N(CCCN(C)C)C(C)=C1. The number of rotatable bonds is 4. The molecule has 0 saturated carbocycles. The fourth-order valence-electron chi connectivity index (χ4n) is 2.17. The summed E-state index contributed by atoms with van der Waals surface area (Å²) >= 11 is 0. The van der Waals surface area contributed by atoms with E-state index in [0.29, 0.717) is 0 Å². The molecule has 3 heteroatoms. The first-order valence-electron chi connectivity index (χ1n) is 6.24. The van der Waals surface area contributed by atoms with Gasteiger partial charge in [-0.1, -0.05) is 18.6 Å². The summed E-state index contributed by atoms with van der Waals surface area (Å²) in [5.74, 6) is 0.206. The van der Waals surface area contributed by atoms with E-state index in [2.05, 4.69) is 32.0 Å². The summed E-state index contributed by atoms with van der Waals surface area (Å²) < 4.78 is 0. The van der Waals surface area contributed by atoms with Gasteiger partial charge >= 0.3 is 0 Å². The molecule has 1 unspecified atom stereocenters. The lowest BCUT2D eigenvalue weighted by atomic mass is 10.1. The minimum Gasteiger partial charge on any atom is -0.316 e. The summed E-state index contributed by atoms with van der Waals surface area (Å²) in [5, 5.41) is 0. The molecule has 0 saturated heterocycles.